The molecule has 1 atom stereocenters. The summed E-state index contributed by atoms with van der Waals surface area (Å²) in [5.74, 6) is -0.421. The number of nitrogens with one attached hydrogen (secondary N) is 1. The lowest BCUT2D eigenvalue weighted by atomic mass is 9.85. The Morgan fingerprint density at radius 3 is 2.39 bits per heavy atom. The van der Waals surface area contributed by atoms with Crippen molar-refractivity contribution >= 4 is 23.2 Å². The zero-order valence-corrected chi connectivity index (χ0v) is 18.2. The van der Waals surface area contributed by atoms with Crippen LogP contribution in [0.1, 0.15) is 54.8 Å². The van der Waals surface area contributed by atoms with Gasteiger partial charge in [0, 0.05) is 18.4 Å². The SMILES string of the molecule is Cc1ccc(N2N=C(C(=O)NC3CCC(C(N)=O)CC3)CC2c2ccccc2)c(C)c1. The molecule has 0 radical (unpaired) electrons. The van der Waals surface area contributed by atoms with Crippen LogP contribution in [-0.4, -0.2) is 23.6 Å². The number of carbonyl (C=O) groups excluding carboxylic acids is 2. The summed E-state index contributed by atoms with van der Waals surface area (Å²) in [6.07, 6.45) is 3.56. The summed E-state index contributed by atoms with van der Waals surface area (Å²) < 4.78 is 0. The van der Waals surface area contributed by atoms with Gasteiger partial charge in [0.1, 0.15) is 5.71 Å². The van der Waals surface area contributed by atoms with Crippen molar-refractivity contribution in [3.05, 3.63) is 65.2 Å². The lowest BCUT2D eigenvalue weighted by molar-refractivity contribution is -0.122. The van der Waals surface area contributed by atoms with Crippen molar-refractivity contribution in [2.75, 3.05) is 5.01 Å². The Labute approximate surface area is 183 Å². The van der Waals surface area contributed by atoms with Crippen molar-refractivity contribution in [3.63, 3.8) is 0 Å². The van der Waals surface area contributed by atoms with Crippen molar-refractivity contribution in [1.82, 2.24) is 5.32 Å². The largest absolute Gasteiger partial charge is 0.369 e. The summed E-state index contributed by atoms with van der Waals surface area (Å²) in [7, 11) is 0. The Bertz CT molecular complexity index is 994. The molecule has 1 unspecified atom stereocenters. The number of carbonyl (C=O) groups is 2. The molecular formula is C25H30N4O2. The number of hydrogen-bond donors (Lipinski definition) is 2. The molecule has 2 aromatic rings. The highest BCUT2D eigenvalue weighted by Crippen LogP contribution is 2.37. The molecule has 3 N–H and O–H groups in total. The minimum atomic E-state index is -0.236. The van der Waals surface area contributed by atoms with Crippen LogP contribution in [0.3, 0.4) is 0 Å². The number of hydrazone groups is 1. The summed E-state index contributed by atoms with van der Waals surface area (Å²) in [5, 5.41) is 9.91. The van der Waals surface area contributed by atoms with Gasteiger partial charge in [-0.25, -0.2) is 0 Å². The molecule has 2 aromatic carbocycles. The predicted octanol–water partition coefficient (Wildman–Crippen LogP) is 3.77. The van der Waals surface area contributed by atoms with E-state index in [-0.39, 0.29) is 29.8 Å². The van der Waals surface area contributed by atoms with Crippen LogP contribution in [0.4, 0.5) is 5.69 Å². The van der Waals surface area contributed by atoms with Gasteiger partial charge in [0.25, 0.3) is 5.91 Å². The van der Waals surface area contributed by atoms with Crippen LogP contribution in [0.25, 0.3) is 0 Å². The lowest BCUT2D eigenvalue weighted by Crippen LogP contribution is -2.42. The maximum Gasteiger partial charge on any atom is 0.267 e. The molecule has 0 bridgehead atoms. The molecule has 1 fully saturated rings. The summed E-state index contributed by atoms with van der Waals surface area (Å²) in [5.41, 5.74) is 10.5. The standard InChI is InChI=1S/C25H30N4O2/c1-16-8-13-22(17(2)14-16)29-23(18-6-4-3-5-7-18)15-21(28-29)25(31)27-20-11-9-19(10-12-20)24(26)30/h3-8,13-14,19-20,23H,9-12,15H2,1-2H3,(H2,26,30)(H,27,31). The fourth-order valence-corrected chi connectivity index (χ4v) is 4.66. The molecule has 1 saturated carbocycles. The van der Waals surface area contributed by atoms with E-state index in [1.54, 1.807) is 0 Å². The van der Waals surface area contributed by atoms with Crippen LogP contribution in [0, 0.1) is 19.8 Å². The summed E-state index contributed by atoms with van der Waals surface area (Å²) in [6.45, 7) is 4.15. The number of rotatable bonds is 5. The molecule has 1 heterocycles. The fraction of sp³-hybridized carbons (Fsp3) is 0.400. The van der Waals surface area contributed by atoms with Gasteiger partial charge in [-0.1, -0.05) is 48.0 Å². The Morgan fingerprint density at radius 2 is 1.74 bits per heavy atom. The first-order valence-corrected chi connectivity index (χ1v) is 11.0. The lowest BCUT2D eigenvalue weighted by Gasteiger charge is -2.27. The molecular weight excluding hydrogens is 388 g/mol. The highest BCUT2D eigenvalue weighted by Gasteiger charge is 2.34. The van der Waals surface area contributed by atoms with Crippen LogP contribution < -0.4 is 16.1 Å². The molecule has 2 aliphatic rings. The summed E-state index contributed by atoms with van der Waals surface area (Å²) >= 11 is 0. The van der Waals surface area contributed by atoms with E-state index in [9.17, 15) is 9.59 Å². The number of hydrogen-bond acceptors (Lipinski definition) is 4. The van der Waals surface area contributed by atoms with Crippen molar-refractivity contribution in [2.24, 2.45) is 16.8 Å². The van der Waals surface area contributed by atoms with E-state index >= 15 is 0 Å². The summed E-state index contributed by atoms with van der Waals surface area (Å²) in [4.78, 5) is 24.5. The Morgan fingerprint density at radius 1 is 1.03 bits per heavy atom. The third-order valence-corrected chi connectivity index (χ3v) is 6.42. The number of benzene rings is 2. The molecule has 6 heteroatoms. The second-order valence-corrected chi connectivity index (χ2v) is 8.74. The van der Waals surface area contributed by atoms with Crippen LogP contribution in [0.2, 0.25) is 0 Å². The number of nitrogens with zero attached hydrogens (tertiary/aromatic N) is 2. The van der Waals surface area contributed by atoms with Crippen molar-refractivity contribution < 1.29 is 9.59 Å². The van der Waals surface area contributed by atoms with E-state index in [4.69, 9.17) is 10.8 Å². The minimum absolute atomic E-state index is 0.0195. The highest BCUT2D eigenvalue weighted by molar-refractivity contribution is 6.39. The van der Waals surface area contributed by atoms with Gasteiger partial charge in [0.05, 0.1) is 11.7 Å². The molecule has 2 amide bonds. The molecule has 1 aliphatic carbocycles. The third kappa shape index (κ3) is 4.63. The zero-order valence-electron chi connectivity index (χ0n) is 18.2. The molecule has 1 aliphatic heterocycles. The topological polar surface area (TPSA) is 87.8 Å². The van der Waals surface area contributed by atoms with Crippen molar-refractivity contribution in [2.45, 2.75) is 58.0 Å². The molecule has 0 spiro atoms. The van der Waals surface area contributed by atoms with Gasteiger partial charge in [-0.2, -0.15) is 5.10 Å². The zero-order chi connectivity index (χ0) is 22.0. The Hall–Kier alpha value is -3.15. The number of amides is 2. The van der Waals surface area contributed by atoms with E-state index < -0.39 is 0 Å². The molecule has 0 saturated heterocycles. The van der Waals surface area contributed by atoms with Gasteiger partial charge in [0.2, 0.25) is 5.91 Å². The first-order chi connectivity index (χ1) is 14.9. The first kappa shape index (κ1) is 21.1. The van der Waals surface area contributed by atoms with Crippen molar-refractivity contribution in [3.8, 4) is 0 Å². The normalized spacial score (nSPS) is 23.4. The van der Waals surface area contributed by atoms with Gasteiger partial charge >= 0.3 is 0 Å². The average molecular weight is 419 g/mol. The third-order valence-electron chi connectivity index (χ3n) is 6.42. The highest BCUT2D eigenvalue weighted by atomic mass is 16.2. The maximum atomic E-state index is 13.1. The average Bonchev–Trinajstić information content (AvgIpc) is 3.20. The molecule has 0 aromatic heterocycles. The van der Waals surface area contributed by atoms with E-state index in [0.29, 0.717) is 12.1 Å². The second-order valence-electron chi connectivity index (χ2n) is 8.74. The van der Waals surface area contributed by atoms with E-state index in [2.05, 4.69) is 49.5 Å². The number of anilines is 1. The quantitative estimate of drug-likeness (QED) is 0.775. The van der Waals surface area contributed by atoms with E-state index in [0.717, 1.165) is 42.5 Å². The summed E-state index contributed by atoms with van der Waals surface area (Å²) in [6, 6.07) is 16.6. The number of nitrogens with two attached hydrogens (primary N) is 1. The molecule has 162 valence electrons. The number of aryl methyl sites for hydroxylation is 2. The fourth-order valence-electron chi connectivity index (χ4n) is 4.66. The molecule has 31 heavy (non-hydrogen) atoms. The van der Waals surface area contributed by atoms with Gasteiger partial charge in [-0.15, -0.1) is 0 Å². The van der Waals surface area contributed by atoms with Crippen molar-refractivity contribution in [1.29, 1.82) is 0 Å². The van der Waals surface area contributed by atoms with Crippen LogP contribution >= 0.6 is 0 Å². The predicted molar refractivity (Wildman–Crippen MR) is 123 cm³/mol. The van der Waals surface area contributed by atoms with Gasteiger partial charge in [-0.3, -0.25) is 14.6 Å². The van der Waals surface area contributed by atoms with Gasteiger partial charge < -0.3 is 11.1 Å². The van der Waals surface area contributed by atoms with Crippen LogP contribution in [0.15, 0.2) is 53.6 Å². The molecule has 4 rings (SSSR count). The van der Waals surface area contributed by atoms with Crippen LogP contribution in [0.5, 0.6) is 0 Å². The Kier molecular flexibility index (Phi) is 6.07. The van der Waals surface area contributed by atoms with Crippen LogP contribution in [-0.2, 0) is 9.59 Å². The van der Waals surface area contributed by atoms with E-state index in [1.807, 2.05) is 23.2 Å². The van der Waals surface area contributed by atoms with Gasteiger partial charge in [0.15, 0.2) is 0 Å². The van der Waals surface area contributed by atoms with E-state index in [1.165, 1.54) is 5.56 Å². The first-order valence-electron chi connectivity index (χ1n) is 11.0. The second kappa shape index (κ2) is 8.92. The van der Waals surface area contributed by atoms with Gasteiger partial charge in [-0.05, 0) is 56.7 Å². The minimum Gasteiger partial charge on any atom is -0.369 e. The monoisotopic (exact) mass is 418 g/mol. The number of primary amides is 1. The maximum absolute atomic E-state index is 13.1. The Balaban J connectivity index is 1.54. The smallest absolute Gasteiger partial charge is 0.267 e. The molecule has 6 nitrogen and oxygen atoms in total.